The normalized spacial score (nSPS) is 19.1. The van der Waals surface area contributed by atoms with Crippen molar-refractivity contribution in [2.75, 3.05) is 43.4 Å². The number of hydrogen-bond donors (Lipinski definition) is 4. The number of anilines is 2. The fraction of sp³-hybridized carbons (Fsp3) is 0.375. The molecule has 0 aliphatic carbocycles. The van der Waals surface area contributed by atoms with Crippen LogP contribution in [0.15, 0.2) is 48.5 Å². The summed E-state index contributed by atoms with van der Waals surface area (Å²) in [7, 11) is 0. The summed E-state index contributed by atoms with van der Waals surface area (Å²) < 4.78 is 0. The van der Waals surface area contributed by atoms with Crippen LogP contribution in [-0.4, -0.2) is 50.6 Å². The van der Waals surface area contributed by atoms with Gasteiger partial charge in [0, 0.05) is 11.4 Å². The highest BCUT2D eigenvalue weighted by molar-refractivity contribution is 5.93. The number of rotatable bonds is 7. The molecule has 0 radical (unpaired) electrons. The van der Waals surface area contributed by atoms with Gasteiger partial charge < -0.3 is 20.4 Å². The standard InChI is InChI=1S/C24H29N5O2/c1-3-20-6-4-5-7-22(20)27-23(30)17-28-12-14-29(15-13-28)18(2)24(31)26-21-10-8-19(16-25)9-11-21/h4-11,18H,3,12-15,17H2,1-2H3,(H,26,31)(H,27,30)/p+2/t18-/m0/s1. The first-order valence-electron chi connectivity index (χ1n) is 10.9. The summed E-state index contributed by atoms with van der Waals surface area (Å²) in [6.45, 7) is 7.85. The summed E-state index contributed by atoms with van der Waals surface area (Å²) in [5, 5.41) is 14.9. The molecule has 3 rings (SSSR count). The molecule has 4 N–H and O–H groups in total. The van der Waals surface area contributed by atoms with Crippen LogP contribution in [0, 0.1) is 11.3 Å². The van der Waals surface area contributed by atoms with Crippen LogP contribution in [0.2, 0.25) is 0 Å². The van der Waals surface area contributed by atoms with Crippen LogP contribution in [0.4, 0.5) is 11.4 Å². The zero-order valence-corrected chi connectivity index (χ0v) is 18.2. The molecule has 0 spiro atoms. The minimum Gasteiger partial charge on any atom is -0.321 e. The molecule has 1 heterocycles. The van der Waals surface area contributed by atoms with E-state index in [-0.39, 0.29) is 17.9 Å². The third kappa shape index (κ3) is 6.14. The quantitative estimate of drug-likeness (QED) is 0.502. The van der Waals surface area contributed by atoms with Crippen molar-refractivity contribution in [1.82, 2.24) is 0 Å². The number of carbonyl (C=O) groups is 2. The summed E-state index contributed by atoms with van der Waals surface area (Å²) in [4.78, 5) is 27.6. The number of nitrogens with zero attached hydrogens (tertiary/aromatic N) is 1. The first kappa shape index (κ1) is 22.5. The molecule has 1 aliphatic rings. The van der Waals surface area contributed by atoms with Gasteiger partial charge >= 0.3 is 0 Å². The second-order valence-electron chi connectivity index (χ2n) is 8.04. The smallest absolute Gasteiger partial charge is 0.282 e. The Morgan fingerprint density at radius 2 is 1.71 bits per heavy atom. The van der Waals surface area contributed by atoms with E-state index in [0.717, 1.165) is 43.9 Å². The van der Waals surface area contributed by atoms with Crippen LogP contribution in [0.5, 0.6) is 0 Å². The number of nitrogens with one attached hydrogen (secondary N) is 4. The van der Waals surface area contributed by atoms with Crippen LogP contribution < -0.4 is 20.4 Å². The number of piperazine rings is 1. The molecule has 162 valence electrons. The van der Waals surface area contributed by atoms with Gasteiger partial charge in [-0.1, -0.05) is 25.1 Å². The van der Waals surface area contributed by atoms with E-state index in [2.05, 4.69) is 23.6 Å². The number of amides is 2. The summed E-state index contributed by atoms with van der Waals surface area (Å²) in [6, 6.07) is 16.7. The number of benzene rings is 2. The van der Waals surface area contributed by atoms with Crippen molar-refractivity contribution in [1.29, 1.82) is 5.26 Å². The highest BCUT2D eigenvalue weighted by atomic mass is 16.2. The van der Waals surface area contributed by atoms with Gasteiger partial charge in [-0.3, -0.25) is 9.59 Å². The Balaban J connectivity index is 1.45. The van der Waals surface area contributed by atoms with E-state index < -0.39 is 0 Å². The Bertz CT molecular complexity index is 943. The highest BCUT2D eigenvalue weighted by Gasteiger charge is 2.31. The van der Waals surface area contributed by atoms with Gasteiger partial charge in [-0.2, -0.15) is 5.26 Å². The largest absolute Gasteiger partial charge is 0.321 e. The molecular weight excluding hydrogens is 390 g/mol. The number of quaternary nitrogens is 2. The van der Waals surface area contributed by atoms with E-state index in [1.807, 2.05) is 31.2 Å². The average Bonchev–Trinajstić information content (AvgIpc) is 2.80. The number of nitriles is 1. The Kier molecular flexibility index (Phi) is 7.76. The van der Waals surface area contributed by atoms with E-state index in [0.29, 0.717) is 17.8 Å². The van der Waals surface area contributed by atoms with Gasteiger partial charge in [0.2, 0.25) is 0 Å². The van der Waals surface area contributed by atoms with Crippen LogP contribution in [0.1, 0.15) is 25.0 Å². The third-order valence-electron chi connectivity index (χ3n) is 5.97. The van der Waals surface area contributed by atoms with E-state index in [1.165, 1.54) is 9.80 Å². The van der Waals surface area contributed by atoms with Crippen molar-refractivity contribution < 1.29 is 19.4 Å². The lowest BCUT2D eigenvalue weighted by molar-refractivity contribution is -1.01. The lowest BCUT2D eigenvalue weighted by Crippen LogP contribution is -3.30. The van der Waals surface area contributed by atoms with Gasteiger partial charge in [0.15, 0.2) is 12.6 Å². The fourth-order valence-corrected chi connectivity index (χ4v) is 3.97. The molecule has 1 aliphatic heterocycles. The third-order valence-corrected chi connectivity index (χ3v) is 5.97. The average molecular weight is 422 g/mol. The molecule has 1 saturated heterocycles. The molecule has 0 bridgehead atoms. The lowest BCUT2D eigenvalue weighted by atomic mass is 10.1. The van der Waals surface area contributed by atoms with Crippen LogP contribution in [0.3, 0.4) is 0 Å². The van der Waals surface area contributed by atoms with Gasteiger partial charge in [0.25, 0.3) is 11.8 Å². The lowest BCUT2D eigenvalue weighted by Gasteiger charge is -2.32. The predicted molar refractivity (Wildman–Crippen MR) is 120 cm³/mol. The molecule has 0 aromatic heterocycles. The Morgan fingerprint density at radius 1 is 1.03 bits per heavy atom. The second-order valence-corrected chi connectivity index (χ2v) is 8.04. The molecule has 1 atom stereocenters. The number of aryl methyl sites for hydroxylation is 1. The van der Waals surface area contributed by atoms with E-state index in [1.54, 1.807) is 24.3 Å². The predicted octanol–water partition coefficient (Wildman–Crippen LogP) is -0.130. The van der Waals surface area contributed by atoms with Crippen LogP contribution in [0.25, 0.3) is 0 Å². The molecule has 2 aromatic rings. The fourth-order valence-electron chi connectivity index (χ4n) is 3.97. The molecule has 2 aromatic carbocycles. The molecule has 1 fully saturated rings. The topological polar surface area (TPSA) is 90.9 Å². The maximum absolute atomic E-state index is 12.6. The molecule has 31 heavy (non-hydrogen) atoms. The SMILES string of the molecule is CCc1ccccc1NC(=O)C[NH+]1CC[NH+]([C@@H](C)C(=O)Nc2ccc(C#N)cc2)CC1. The number of para-hydroxylation sites is 1. The second kappa shape index (κ2) is 10.7. The minimum absolute atomic E-state index is 0.0305. The first-order valence-corrected chi connectivity index (χ1v) is 10.9. The first-order chi connectivity index (χ1) is 15.0. The zero-order chi connectivity index (χ0) is 22.2. The van der Waals surface area contributed by atoms with Crippen molar-refractivity contribution >= 4 is 23.2 Å². The highest BCUT2D eigenvalue weighted by Crippen LogP contribution is 2.14. The van der Waals surface area contributed by atoms with Crippen LogP contribution in [-0.2, 0) is 16.0 Å². The monoisotopic (exact) mass is 421 g/mol. The summed E-state index contributed by atoms with van der Waals surface area (Å²) >= 11 is 0. The van der Waals surface area contributed by atoms with Gasteiger partial charge in [-0.15, -0.1) is 0 Å². The molecule has 7 heteroatoms. The molecule has 2 amide bonds. The van der Waals surface area contributed by atoms with Crippen molar-refractivity contribution in [3.05, 3.63) is 59.7 Å². The van der Waals surface area contributed by atoms with E-state index >= 15 is 0 Å². The number of carbonyl (C=O) groups excluding carboxylic acids is 2. The van der Waals surface area contributed by atoms with Crippen molar-refractivity contribution in [3.63, 3.8) is 0 Å². The Morgan fingerprint density at radius 3 is 2.35 bits per heavy atom. The summed E-state index contributed by atoms with van der Waals surface area (Å²) in [5.41, 5.74) is 3.30. The summed E-state index contributed by atoms with van der Waals surface area (Å²) in [6.07, 6.45) is 0.883. The Labute approximate surface area is 183 Å². The minimum atomic E-state index is -0.178. The van der Waals surface area contributed by atoms with Gasteiger partial charge in [-0.25, -0.2) is 0 Å². The molecular formula is C24H31N5O2+2. The Hall–Kier alpha value is -3.21. The molecule has 7 nitrogen and oxygen atoms in total. The van der Waals surface area contributed by atoms with Crippen LogP contribution >= 0.6 is 0 Å². The maximum atomic E-state index is 12.6. The van der Waals surface area contributed by atoms with E-state index in [9.17, 15) is 9.59 Å². The van der Waals surface area contributed by atoms with Crippen molar-refractivity contribution in [2.24, 2.45) is 0 Å². The van der Waals surface area contributed by atoms with Crippen molar-refractivity contribution in [3.8, 4) is 6.07 Å². The zero-order valence-electron chi connectivity index (χ0n) is 18.2. The maximum Gasteiger partial charge on any atom is 0.282 e. The van der Waals surface area contributed by atoms with Gasteiger partial charge in [0.05, 0.1) is 11.6 Å². The van der Waals surface area contributed by atoms with Gasteiger partial charge in [0.1, 0.15) is 26.2 Å². The summed E-state index contributed by atoms with van der Waals surface area (Å²) in [5.74, 6) is 0.00281. The molecule has 0 saturated carbocycles. The van der Waals surface area contributed by atoms with Gasteiger partial charge in [-0.05, 0) is 49.2 Å². The molecule has 0 unspecified atom stereocenters. The number of hydrogen-bond acceptors (Lipinski definition) is 3. The van der Waals surface area contributed by atoms with E-state index in [4.69, 9.17) is 5.26 Å². The van der Waals surface area contributed by atoms with Crippen molar-refractivity contribution in [2.45, 2.75) is 26.3 Å².